The molecular formula is C27H26Cl2O5. The van der Waals surface area contributed by atoms with Gasteiger partial charge in [0.2, 0.25) is 0 Å². The van der Waals surface area contributed by atoms with Crippen LogP contribution in [0.25, 0.3) is 0 Å². The minimum absolute atomic E-state index is 0.0156. The van der Waals surface area contributed by atoms with Gasteiger partial charge in [-0.05, 0) is 59.0 Å². The highest BCUT2D eigenvalue weighted by Gasteiger charge is 2.23. The molecule has 0 aliphatic carbocycles. The normalized spacial score (nSPS) is 11.6. The molecule has 5 nitrogen and oxygen atoms in total. The van der Waals surface area contributed by atoms with Crippen molar-refractivity contribution in [3.8, 4) is 11.5 Å². The van der Waals surface area contributed by atoms with Crippen LogP contribution in [0, 0.1) is 0 Å². The molecule has 0 bridgehead atoms. The number of rotatable bonds is 10. The molecule has 0 heterocycles. The smallest absolute Gasteiger partial charge is 0.310 e. The molecule has 0 saturated heterocycles. The van der Waals surface area contributed by atoms with Gasteiger partial charge in [-0.25, -0.2) is 0 Å². The highest BCUT2D eigenvalue weighted by atomic mass is 35.5. The number of halogens is 2. The second-order valence-corrected chi connectivity index (χ2v) is 8.54. The van der Waals surface area contributed by atoms with E-state index < -0.39 is 12.1 Å². The molecule has 1 unspecified atom stereocenters. The zero-order valence-electron chi connectivity index (χ0n) is 19.3. The van der Waals surface area contributed by atoms with E-state index in [0.717, 1.165) is 18.3 Å². The summed E-state index contributed by atoms with van der Waals surface area (Å²) in [6.45, 7) is 2.02. The third-order valence-corrected chi connectivity index (χ3v) is 6.16. The minimum Gasteiger partial charge on any atom is -0.493 e. The molecule has 0 aromatic heterocycles. The molecule has 178 valence electrons. The van der Waals surface area contributed by atoms with Crippen LogP contribution in [0.15, 0.2) is 54.6 Å². The molecule has 3 rings (SSSR count). The molecule has 0 saturated carbocycles. The molecule has 0 amide bonds. The molecule has 1 atom stereocenters. The Morgan fingerprint density at radius 2 is 1.65 bits per heavy atom. The molecule has 3 aromatic carbocycles. The van der Waals surface area contributed by atoms with Gasteiger partial charge in [0.1, 0.15) is 12.4 Å². The van der Waals surface area contributed by atoms with Crippen molar-refractivity contribution in [2.24, 2.45) is 0 Å². The molecule has 34 heavy (non-hydrogen) atoms. The van der Waals surface area contributed by atoms with E-state index in [1.54, 1.807) is 50.6 Å². The number of carbonyl (C=O) groups is 2. The molecule has 0 fully saturated rings. The van der Waals surface area contributed by atoms with Crippen molar-refractivity contribution < 1.29 is 23.8 Å². The van der Waals surface area contributed by atoms with Gasteiger partial charge in [0.15, 0.2) is 11.5 Å². The van der Waals surface area contributed by atoms with Crippen LogP contribution in [0.2, 0.25) is 10.0 Å². The first-order valence-electron chi connectivity index (χ1n) is 10.8. The standard InChI is InChI=1S/C27H26Cl2O5/c1-4-17-11-22(28)21(23(29)12-17)15-25(20-8-9-24(32-2)26(14-20)33-3)34-27(31)13-18-6-5-7-19(10-18)16-30/h5-12,14,16,25H,4,13,15H2,1-3H3. The van der Waals surface area contributed by atoms with Gasteiger partial charge < -0.3 is 14.2 Å². The molecule has 0 N–H and O–H groups in total. The Balaban J connectivity index is 1.93. The van der Waals surface area contributed by atoms with Crippen LogP contribution < -0.4 is 9.47 Å². The average molecular weight is 501 g/mol. The number of carbonyl (C=O) groups excluding carboxylic acids is 2. The summed E-state index contributed by atoms with van der Waals surface area (Å²) in [5.74, 6) is 0.629. The fraction of sp³-hybridized carbons (Fsp3) is 0.259. The number of hydrogen-bond donors (Lipinski definition) is 0. The Kier molecular flexibility index (Phi) is 8.97. The molecule has 0 aliphatic rings. The van der Waals surface area contributed by atoms with E-state index in [1.165, 1.54) is 0 Å². The van der Waals surface area contributed by atoms with Crippen LogP contribution in [-0.2, 0) is 28.8 Å². The highest BCUT2D eigenvalue weighted by Crippen LogP contribution is 2.36. The largest absolute Gasteiger partial charge is 0.493 e. The predicted molar refractivity (Wildman–Crippen MR) is 133 cm³/mol. The van der Waals surface area contributed by atoms with E-state index in [9.17, 15) is 9.59 Å². The van der Waals surface area contributed by atoms with Crippen molar-refractivity contribution in [1.29, 1.82) is 0 Å². The van der Waals surface area contributed by atoms with Crippen molar-refractivity contribution in [1.82, 2.24) is 0 Å². The van der Waals surface area contributed by atoms with Crippen molar-refractivity contribution in [2.45, 2.75) is 32.3 Å². The lowest BCUT2D eigenvalue weighted by atomic mass is 9.99. The lowest BCUT2D eigenvalue weighted by Gasteiger charge is -2.21. The van der Waals surface area contributed by atoms with Crippen molar-refractivity contribution >= 4 is 35.5 Å². The van der Waals surface area contributed by atoms with Gasteiger partial charge in [0.25, 0.3) is 0 Å². The Morgan fingerprint density at radius 3 is 2.26 bits per heavy atom. The Morgan fingerprint density at radius 1 is 0.941 bits per heavy atom. The summed E-state index contributed by atoms with van der Waals surface area (Å²) in [7, 11) is 3.09. The maximum Gasteiger partial charge on any atom is 0.310 e. The monoisotopic (exact) mass is 500 g/mol. The summed E-state index contributed by atoms with van der Waals surface area (Å²) in [6.07, 6.45) is 1.15. The number of esters is 1. The predicted octanol–water partition coefficient (Wildman–Crippen LogP) is 6.46. The first-order valence-corrected chi connectivity index (χ1v) is 11.6. The van der Waals surface area contributed by atoms with E-state index in [1.807, 2.05) is 25.1 Å². The Bertz CT molecular complexity index is 1150. The van der Waals surface area contributed by atoms with Gasteiger partial charge in [-0.2, -0.15) is 0 Å². The number of hydrogen-bond acceptors (Lipinski definition) is 5. The summed E-state index contributed by atoms with van der Waals surface area (Å²) in [5, 5.41) is 1.04. The SMILES string of the molecule is CCc1cc(Cl)c(CC(OC(=O)Cc2cccc(C=O)c2)c2ccc(OC)c(OC)c2)c(Cl)c1. The third-order valence-electron chi connectivity index (χ3n) is 5.49. The number of ether oxygens (including phenoxy) is 3. The Hall–Kier alpha value is -3.02. The van der Waals surface area contributed by atoms with E-state index in [0.29, 0.717) is 43.8 Å². The maximum atomic E-state index is 12.9. The first-order chi connectivity index (χ1) is 16.4. The van der Waals surface area contributed by atoms with Gasteiger partial charge in [-0.1, -0.05) is 54.4 Å². The second kappa shape index (κ2) is 11.9. The summed E-state index contributed by atoms with van der Waals surface area (Å²) >= 11 is 13.1. The number of aldehydes is 1. The third kappa shape index (κ3) is 6.31. The van der Waals surface area contributed by atoms with E-state index in [-0.39, 0.29) is 12.8 Å². The van der Waals surface area contributed by atoms with Gasteiger partial charge >= 0.3 is 5.97 Å². The lowest BCUT2D eigenvalue weighted by molar-refractivity contribution is -0.148. The average Bonchev–Trinajstić information content (AvgIpc) is 2.84. The minimum atomic E-state index is -0.677. The zero-order chi connectivity index (χ0) is 24.7. The first kappa shape index (κ1) is 25.6. The molecule has 7 heteroatoms. The summed E-state index contributed by atoms with van der Waals surface area (Å²) in [6, 6.07) is 15.9. The zero-order valence-corrected chi connectivity index (χ0v) is 20.8. The van der Waals surface area contributed by atoms with Gasteiger partial charge in [-0.15, -0.1) is 0 Å². The quantitative estimate of drug-likeness (QED) is 0.236. The van der Waals surface area contributed by atoms with E-state index >= 15 is 0 Å². The van der Waals surface area contributed by atoms with Crippen LogP contribution in [0.1, 0.15) is 45.6 Å². The fourth-order valence-electron chi connectivity index (χ4n) is 3.66. The summed E-state index contributed by atoms with van der Waals surface area (Å²) in [5.41, 5.74) is 3.60. The highest BCUT2D eigenvalue weighted by molar-refractivity contribution is 6.36. The summed E-state index contributed by atoms with van der Waals surface area (Å²) < 4.78 is 16.7. The summed E-state index contributed by atoms with van der Waals surface area (Å²) in [4.78, 5) is 24.0. The molecule has 0 radical (unpaired) electrons. The van der Waals surface area contributed by atoms with Crippen molar-refractivity contribution in [3.05, 3.63) is 92.5 Å². The fourth-order valence-corrected chi connectivity index (χ4v) is 4.35. The maximum absolute atomic E-state index is 12.9. The van der Waals surface area contributed by atoms with Gasteiger partial charge in [-0.3, -0.25) is 9.59 Å². The van der Waals surface area contributed by atoms with Crippen LogP contribution in [0.3, 0.4) is 0 Å². The number of aryl methyl sites for hydroxylation is 1. The van der Waals surface area contributed by atoms with Crippen LogP contribution in [0.4, 0.5) is 0 Å². The topological polar surface area (TPSA) is 61.8 Å². The molecule has 0 spiro atoms. The van der Waals surface area contributed by atoms with Gasteiger partial charge in [0.05, 0.1) is 20.6 Å². The van der Waals surface area contributed by atoms with Crippen LogP contribution in [-0.4, -0.2) is 26.5 Å². The molecule has 3 aromatic rings. The number of benzene rings is 3. The van der Waals surface area contributed by atoms with Crippen molar-refractivity contribution in [2.75, 3.05) is 14.2 Å². The van der Waals surface area contributed by atoms with Gasteiger partial charge in [0, 0.05) is 22.0 Å². The van der Waals surface area contributed by atoms with E-state index in [2.05, 4.69) is 0 Å². The molecular weight excluding hydrogens is 475 g/mol. The Labute approximate surface area is 209 Å². The van der Waals surface area contributed by atoms with Crippen molar-refractivity contribution in [3.63, 3.8) is 0 Å². The lowest BCUT2D eigenvalue weighted by Crippen LogP contribution is -2.16. The van der Waals surface area contributed by atoms with Crippen LogP contribution >= 0.6 is 23.2 Å². The molecule has 0 aliphatic heterocycles. The van der Waals surface area contributed by atoms with Crippen LogP contribution in [0.5, 0.6) is 11.5 Å². The number of methoxy groups -OCH3 is 2. The van der Waals surface area contributed by atoms with E-state index in [4.69, 9.17) is 37.4 Å². The second-order valence-electron chi connectivity index (χ2n) is 7.73.